The van der Waals surface area contributed by atoms with E-state index in [-0.39, 0.29) is 0 Å². The van der Waals surface area contributed by atoms with E-state index < -0.39 is 0 Å². The van der Waals surface area contributed by atoms with E-state index in [0.29, 0.717) is 0 Å². The molecule has 2 aliphatic rings. The van der Waals surface area contributed by atoms with Crippen LogP contribution in [-0.2, 0) is 12.8 Å². The first-order valence-electron chi connectivity index (χ1n) is 7.88. The second-order valence-corrected chi connectivity index (χ2v) is 6.23. The predicted molar refractivity (Wildman–Crippen MR) is 81.8 cm³/mol. The number of aryl methyl sites for hydroxylation is 1. The number of anilines is 1. The number of benzene rings is 1. The van der Waals surface area contributed by atoms with Crippen molar-refractivity contribution < 1.29 is 0 Å². The molecule has 19 heavy (non-hydrogen) atoms. The van der Waals surface area contributed by atoms with Crippen molar-refractivity contribution in [3.8, 4) is 0 Å². The van der Waals surface area contributed by atoms with Crippen molar-refractivity contribution >= 4 is 5.69 Å². The lowest BCUT2D eigenvalue weighted by Gasteiger charge is -2.28. The van der Waals surface area contributed by atoms with Gasteiger partial charge in [-0.3, -0.25) is 0 Å². The fraction of sp³-hybridized carbons (Fsp3) is 0.647. The Morgan fingerprint density at radius 3 is 2.84 bits per heavy atom. The Balaban J connectivity index is 1.61. The van der Waals surface area contributed by atoms with Gasteiger partial charge in [-0.15, -0.1) is 0 Å². The van der Waals surface area contributed by atoms with Gasteiger partial charge in [-0.1, -0.05) is 12.1 Å². The standard InChI is InChI=1S/C17H26N2/c1-18-16-7-4-13(5-8-16)11-14-6-9-17-15(12-14)3-2-10-19-17/h6,9,12-13,16,18-19H,2-5,7-8,10-11H2,1H3. The third-order valence-electron chi connectivity index (χ3n) is 4.89. The van der Waals surface area contributed by atoms with Crippen LogP contribution >= 0.6 is 0 Å². The summed E-state index contributed by atoms with van der Waals surface area (Å²) >= 11 is 0. The monoisotopic (exact) mass is 258 g/mol. The Hall–Kier alpha value is -1.02. The highest BCUT2D eigenvalue weighted by molar-refractivity contribution is 5.54. The maximum absolute atomic E-state index is 3.50. The van der Waals surface area contributed by atoms with E-state index in [1.54, 1.807) is 5.56 Å². The lowest BCUT2D eigenvalue weighted by atomic mass is 9.82. The van der Waals surface area contributed by atoms with Crippen LogP contribution in [0.3, 0.4) is 0 Å². The first kappa shape index (κ1) is 13.0. The summed E-state index contributed by atoms with van der Waals surface area (Å²) in [6.07, 6.45) is 9.30. The normalized spacial score (nSPS) is 26.6. The molecule has 0 bridgehead atoms. The average molecular weight is 258 g/mol. The Morgan fingerprint density at radius 2 is 2.05 bits per heavy atom. The molecule has 1 saturated carbocycles. The third kappa shape index (κ3) is 3.11. The molecule has 0 spiro atoms. The smallest absolute Gasteiger partial charge is 0.0372 e. The van der Waals surface area contributed by atoms with Crippen LogP contribution in [0.25, 0.3) is 0 Å². The van der Waals surface area contributed by atoms with Gasteiger partial charge in [0.25, 0.3) is 0 Å². The molecule has 0 saturated heterocycles. The number of rotatable bonds is 3. The van der Waals surface area contributed by atoms with Crippen molar-refractivity contribution in [3.63, 3.8) is 0 Å². The molecule has 0 unspecified atom stereocenters. The SMILES string of the molecule is CNC1CCC(Cc2ccc3c(c2)CCCN3)CC1. The number of nitrogens with one attached hydrogen (secondary N) is 2. The molecule has 104 valence electrons. The van der Waals surface area contributed by atoms with Crippen LogP contribution in [0.1, 0.15) is 43.2 Å². The molecule has 1 aliphatic heterocycles. The quantitative estimate of drug-likeness (QED) is 0.868. The molecule has 1 aromatic carbocycles. The van der Waals surface area contributed by atoms with Gasteiger partial charge in [-0.2, -0.15) is 0 Å². The fourth-order valence-electron chi connectivity index (χ4n) is 3.64. The molecule has 0 atom stereocenters. The average Bonchev–Trinajstić information content (AvgIpc) is 2.48. The van der Waals surface area contributed by atoms with Crippen molar-refractivity contribution in [2.45, 2.75) is 51.0 Å². The molecule has 1 aromatic rings. The second-order valence-electron chi connectivity index (χ2n) is 6.23. The predicted octanol–water partition coefficient (Wildman–Crippen LogP) is 3.37. The van der Waals surface area contributed by atoms with E-state index in [4.69, 9.17) is 0 Å². The van der Waals surface area contributed by atoms with Gasteiger partial charge in [-0.25, -0.2) is 0 Å². The van der Waals surface area contributed by atoms with Crippen molar-refractivity contribution in [3.05, 3.63) is 29.3 Å². The minimum Gasteiger partial charge on any atom is -0.385 e. The number of hydrogen-bond acceptors (Lipinski definition) is 2. The number of hydrogen-bond donors (Lipinski definition) is 2. The van der Waals surface area contributed by atoms with Crippen LogP contribution in [0, 0.1) is 5.92 Å². The van der Waals surface area contributed by atoms with E-state index in [2.05, 4.69) is 35.9 Å². The second kappa shape index (κ2) is 5.96. The summed E-state index contributed by atoms with van der Waals surface area (Å²) < 4.78 is 0. The Morgan fingerprint density at radius 1 is 1.21 bits per heavy atom. The zero-order chi connectivity index (χ0) is 13.1. The van der Waals surface area contributed by atoms with Crippen LogP contribution in [0.4, 0.5) is 5.69 Å². The van der Waals surface area contributed by atoms with Crippen LogP contribution in [0.5, 0.6) is 0 Å². The van der Waals surface area contributed by atoms with E-state index in [9.17, 15) is 0 Å². The third-order valence-corrected chi connectivity index (χ3v) is 4.89. The molecule has 1 heterocycles. The lowest BCUT2D eigenvalue weighted by molar-refractivity contribution is 0.300. The van der Waals surface area contributed by atoms with Gasteiger partial charge in [0.2, 0.25) is 0 Å². The van der Waals surface area contributed by atoms with Crippen molar-refractivity contribution in [2.75, 3.05) is 18.9 Å². The lowest BCUT2D eigenvalue weighted by Crippen LogP contribution is -2.30. The first-order valence-corrected chi connectivity index (χ1v) is 7.88. The van der Waals surface area contributed by atoms with Crippen molar-refractivity contribution in [1.82, 2.24) is 5.32 Å². The molecule has 2 N–H and O–H groups in total. The van der Waals surface area contributed by atoms with Crippen LogP contribution < -0.4 is 10.6 Å². The molecule has 1 aliphatic carbocycles. The van der Waals surface area contributed by atoms with Gasteiger partial charge >= 0.3 is 0 Å². The Labute approximate surface area is 117 Å². The van der Waals surface area contributed by atoms with E-state index in [1.807, 2.05) is 0 Å². The molecule has 0 radical (unpaired) electrons. The summed E-state index contributed by atoms with van der Waals surface area (Å²) in [5.74, 6) is 0.902. The van der Waals surface area contributed by atoms with Gasteiger partial charge in [0.15, 0.2) is 0 Å². The molecule has 0 aromatic heterocycles. The fourth-order valence-corrected chi connectivity index (χ4v) is 3.64. The van der Waals surface area contributed by atoms with Crippen LogP contribution in [0.15, 0.2) is 18.2 Å². The molecule has 3 rings (SSSR count). The van der Waals surface area contributed by atoms with E-state index in [1.165, 1.54) is 56.2 Å². The largest absolute Gasteiger partial charge is 0.385 e. The highest BCUT2D eigenvalue weighted by Crippen LogP contribution is 2.29. The first-order chi connectivity index (χ1) is 9.35. The van der Waals surface area contributed by atoms with Gasteiger partial charge in [0.1, 0.15) is 0 Å². The highest BCUT2D eigenvalue weighted by Gasteiger charge is 2.20. The van der Waals surface area contributed by atoms with Gasteiger partial charge in [0.05, 0.1) is 0 Å². The van der Waals surface area contributed by atoms with Crippen molar-refractivity contribution in [1.29, 1.82) is 0 Å². The van der Waals surface area contributed by atoms with Gasteiger partial charge in [0, 0.05) is 18.3 Å². The zero-order valence-electron chi connectivity index (χ0n) is 12.0. The summed E-state index contributed by atoms with van der Waals surface area (Å²) in [4.78, 5) is 0. The summed E-state index contributed by atoms with van der Waals surface area (Å²) in [6.45, 7) is 1.14. The zero-order valence-corrected chi connectivity index (χ0v) is 12.0. The van der Waals surface area contributed by atoms with Gasteiger partial charge in [-0.05, 0) is 75.1 Å². The molecular formula is C17H26N2. The Bertz CT molecular complexity index is 419. The van der Waals surface area contributed by atoms with E-state index in [0.717, 1.165) is 18.5 Å². The van der Waals surface area contributed by atoms with Crippen molar-refractivity contribution in [2.24, 2.45) is 5.92 Å². The molecule has 2 heteroatoms. The highest BCUT2D eigenvalue weighted by atomic mass is 14.9. The topological polar surface area (TPSA) is 24.1 Å². The minimum atomic E-state index is 0.768. The van der Waals surface area contributed by atoms with Crippen LogP contribution in [-0.4, -0.2) is 19.6 Å². The summed E-state index contributed by atoms with van der Waals surface area (Å²) in [6, 6.07) is 7.85. The minimum absolute atomic E-state index is 0.768. The molecule has 2 nitrogen and oxygen atoms in total. The summed E-state index contributed by atoms with van der Waals surface area (Å²) in [5.41, 5.74) is 4.46. The molecule has 1 fully saturated rings. The Kier molecular flexibility index (Phi) is 4.07. The molecular weight excluding hydrogens is 232 g/mol. The van der Waals surface area contributed by atoms with E-state index >= 15 is 0 Å². The number of fused-ring (bicyclic) bond motifs is 1. The summed E-state index contributed by atoms with van der Waals surface area (Å²) in [5, 5.41) is 6.92. The van der Waals surface area contributed by atoms with Gasteiger partial charge < -0.3 is 10.6 Å². The molecule has 0 amide bonds. The maximum Gasteiger partial charge on any atom is 0.0372 e. The van der Waals surface area contributed by atoms with Crippen LogP contribution in [0.2, 0.25) is 0 Å². The maximum atomic E-state index is 3.50. The summed E-state index contributed by atoms with van der Waals surface area (Å²) in [7, 11) is 2.10.